The van der Waals surface area contributed by atoms with Crippen molar-refractivity contribution in [3.05, 3.63) is 0 Å². The van der Waals surface area contributed by atoms with Gasteiger partial charge in [-0.05, 0) is 37.0 Å². The van der Waals surface area contributed by atoms with Crippen molar-refractivity contribution in [2.45, 2.75) is 61.8 Å². The maximum absolute atomic E-state index is 6.54. The second kappa shape index (κ2) is 5.88. The second-order valence-electron chi connectivity index (χ2n) is 8.88. The molecule has 0 aromatic carbocycles. The molecular weight excluding hydrogens is 324 g/mol. The summed E-state index contributed by atoms with van der Waals surface area (Å²) in [4.78, 5) is 0. The molecule has 6 nitrogen and oxygen atoms in total. The van der Waals surface area contributed by atoms with Gasteiger partial charge in [-0.1, -0.05) is 0 Å². The first-order valence-electron chi connectivity index (χ1n) is 10.0. The summed E-state index contributed by atoms with van der Waals surface area (Å²) >= 11 is 0. The Hall–Kier alpha value is -0.240. The molecular formula is C19H28O6. The Balaban J connectivity index is 1.14. The van der Waals surface area contributed by atoms with Crippen LogP contribution < -0.4 is 0 Å². The van der Waals surface area contributed by atoms with Gasteiger partial charge in [0.1, 0.15) is 18.3 Å². The van der Waals surface area contributed by atoms with E-state index in [1.165, 1.54) is 0 Å². The summed E-state index contributed by atoms with van der Waals surface area (Å²) in [6.07, 6.45) is 6.20. The van der Waals surface area contributed by atoms with Crippen LogP contribution in [0.15, 0.2) is 0 Å². The SMILES string of the molecule is C1OC1COC1CC2C3CC(OCC4CO4)(CC3OCC3CO3)C2C1. The number of hydrogen-bond acceptors (Lipinski definition) is 6. The van der Waals surface area contributed by atoms with Gasteiger partial charge in [0, 0.05) is 6.42 Å². The Morgan fingerprint density at radius 1 is 0.760 bits per heavy atom. The lowest BCUT2D eigenvalue weighted by molar-refractivity contribution is -0.111. The number of hydrogen-bond donors (Lipinski definition) is 0. The van der Waals surface area contributed by atoms with Gasteiger partial charge in [0.2, 0.25) is 0 Å². The van der Waals surface area contributed by atoms with Crippen LogP contribution in [0, 0.1) is 17.8 Å². The summed E-state index contributed by atoms with van der Waals surface area (Å²) in [5, 5.41) is 0. The average Bonchev–Trinajstić information content (AvgIpc) is 3.50. The minimum absolute atomic E-state index is 0.00938. The molecule has 3 saturated carbocycles. The molecule has 3 heterocycles. The molecule has 0 spiro atoms. The number of rotatable bonds is 9. The summed E-state index contributed by atoms with van der Waals surface area (Å²) < 4.78 is 34.9. The molecule has 9 atom stereocenters. The van der Waals surface area contributed by atoms with Crippen molar-refractivity contribution in [2.24, 2.45) is 17.8 Å². The van der Waals surface area contributed by atoms with Crippen molar-refractivity contribution < 1.29 is 28.4 Å². The lowest BCUT2D eigenvalue weighted by Crippen LogP contribution is -2.43. The van der Waals surface area contributed by atoms with Crippen molar-refractivity contribution in [2.75, 3.05) is 39.6 Å². The van der Waals surface area contributed by atoms with Crippen molar-refractivity contribution in [1.82, 2.24) is 0 Å². The predicted molar refractivity (Wildman–Crippen MR) is 86.3 cm³/mol. The molecule has 0 amide bonds. The maximum atomic E-state index is 6.54. The Bertz CT molecular complexity index is 516. The van der Waals surface area contributed by atoms with Gasteiger partial charge in [0.15, 0.2) is 0 Å². The summed E-state index contributed by atoms with van der Waals surface area (Å²) in [5.74, 6) is 1.93. The van der Waals surface area contributed by atoms with Crippen molar-refractivity contribution in [3.63, 3.8) is 0 Å². The van der Waals surface area contributed by atoms with E-state index in [9.17, 15) is 0 Å². The van der Waals surface area contributed by atoms with Gasteiger partial charge < -0.3 is 28.4 Å². The van der Waals surface area contributed by atoms with E-state index >= 15 is 0 Å². The van der Waals surface area contributed by atoms with Crippen LogP contribution in [-0.2, 0) is 28.4 Å². The van der Waals surface area contributed by atoms with Gasteiger partial charge in [-0.25, -0.2) is 0 Å². The number of epoxide rings is 3. The van der Waals surface area contributed by atoms with E-state index in [0.717, 1.165) is 65.3 Å². The lowest BCUT2D eigenvalue weighted by atomic mass is 9.78. The molecule has 0 aromatic heterocycles. The molecule has 6 aliphatic rings. The normalized spacial score (nSPS) is 54.7. The second-order valence-corrected chi connectivity index (χ2v) is 8.88. The van der Waals surface area contributed by atoms with E-state index in [1.807, 2.05) is 0 Å². The monoisotopic (exact) mass is 352 g/mol. The van der Waals surface area contributed by atoms with Crippen LogP contribution in [0.3, 0.4) is 0 Å². The third-order valence-corrected chi connectivity index (χ3v) is 7.18. The highest BCUT2D eigenvalue weighted by atomic mass is 16.6. The number of fused-ring (bicyclic) bond motifs is 5. The Morgan fingerprint density at radius 2 is 1.44 bits per heavy atom. The Kier molecular flexibility index (Phi) is 3.71. The van der Waals surface area contributed by atoms with Crippen LogP contribution in [0.4, 0.5) is 0 Å². The molecule has 140 valence electrons. The molecule has 2 bridgehead atoms. The third-order valence-electron chi connectivity index (χ3n) is 7.18. The van der Waals surface area contributed by atoms with Crippen LogP contribution in [0.25, 0.3) is 0 Å². The first kappa shape index (κ1) is 15.8. The first-order chi connectivity index (χ1) is 12.3. The van der Waals surface area contributed by atoms with E-state index in [2.05, 4.69) is 0 Å². The van der Waals surface area contributed by atoms with Gasteiger partial charge in [-0.3, -0.25) is 0 Å². The van der Waals surface area contributed by atoms with Gasteiger partial charge in [-0.2, -0.15) is 0 Å². The molecule has 0 radical (unpaired) electrons. The third kappa shape index (κ3) is 3.05. The van der Waals surface area contributed by atoms with E-state index in [4.69, 9.17) is 28.4 Å². The zero-order valence-electron chi connectivity index (χ0n) is 14.6. The van der Waals surface area contributed by atoms with E-state index in [0.29, 0.717) is 48.3 Å². The molecule has 9 unspecified atom stereocenters. The topological polar surface area (TPSA) is 65.3 Å². The average molecular weight is 352 g/mol. The van der Waals surface area contributed by atoms with Crippen LogP contribution >= 0.6 is 0 Å². The molecule has 3 saturated heterocycles. The lowest BCUT2D eigenvalue weighted by Gasteiger charge is -2.38. The fourth-order valence-corrected chi connectivity index (χ4v) is 5.71. The minimum atomic E-state index is -0.00938. The van der Waals surface area contributed by atoms with Crippen molar-refractivity contribution >= 4 is 0 Å². The first-order valence-corrected chi connectivity index (χ1v) is 10.0. The molecule has 6 fully saturated rings. The fourth-order valence-electron chi connectivity index (χ4n) is 5.71. The van der Waals surface area contributed by atoms with E-state index < -0.39 is 0 Å². The highest BCUT2D eigenvalue weighted by Gasteiger charge is 2.65. The highest BCUT2D eigenvalue weighted by molar-refractivity contribution is 5.15. The molecule has 3 aliphatic heterocycles. The van der Waals surface area contributed by atoms with Gasteiger partial charge >= 0.3 is 0 Å². The van der Waals surface area contributed by atoms with Gasteiger partial charge in [0.05, 0.1) is 57.5 Å². The molecule has 0 N–H and O–H groups in total. The van der Waals surface area contributed by atoms with Crippen molar-refractivity contribution in [1.29, 1.82) is 0 Å². The molecule has 3 aliphatic carbocycles. The smallest absolute Gasteiger partial charge is 0.104 e. The quantitative estimate of drug-likeness (QED) is 0.580. The fraction of sp³-hybridized carbons (Fsp3) is 1.00. The highest BCUT2D eigenvalue weighted by Crippen LogP contribution is 2.63. The molecule has 6 heteroatoms. The van der Waals surface area contributed by atoms with E-state index in [-0.39, 0.29) is 5.60 Å². The summed E-state index contributed by atoms with van der Waals surface area (Å²) in [6, 6.07) is 0. The predicted octanol–water partition coefficient (Wildman–Crippen LogP) is 1.16. The standard InChI is InChI=1S/C19H28O6/c1-11(20-5-12-6-21-12)2-17-15(1)16-3-19(17,25-10-14-8-23-14)4-18(16)24-9-13-7-22-13/h11-18H,1-10H2. The summed E-state index contributed by atoms with van der Waals surface area (Å²) in [6.45, 7) is 4.85. The van der Waals surface area contributed by atoms with E-state index in [1.54, 1.807) is 0 Å². The molecule has 6 rings (SSSR count). The van der Waals surface area contributed by atoms with Crippen LogP contribution in [0.2, 0.25) is 0 Å². The summed E-state index contributed by atoms with van der Waals surface area (Å²) in [7, 11) is 0. The van der Waals surface area contributed by atoms with Crippen LogP contribution in [-0.4, -0.2) is 75.8 Å². The maximum Gasteiger partial charge on any atom is 0.104 e. The Labute approximate surface area is 148 Å². The van der Waals surface area contributed by atoms with Crippen LogP contribution in [0.5, 0.6) is 0 Å². The number of ether oxygens (including phenoxy) is 6. The zero-order chi connectivity index (χ0) is 16.4. The van der Waals surface area contributed by atoms with Gasteiger partial charge in [-0.15, -0.1) is 0 Å². The molecule has 25 heavy (non-hydrogen) atoms. The Morgan fingerprint density at radius 3 is 2.16 bits per heavy atom. The summed E-state index contributed by atoms with van der Waals surface area (Å²) in [5.41, 5.74) is -0.00938. The van der Waals surface area contributed by atoms with Gasteiger partial charge in [0.25, 0.3) is 0 Å². The zero-order valence-corrected chi connectivity index (χ0v) is 14.6. The van der Waals surface area contributed by atoms with Crippen molar-refractivity contribution in [3.8, 4) is 0 Å². The minimum Gasteiger partial charge on any atom is -0.375 e. The largest absolute Gasteiger partial charge is 0.375 e. The molecule has 0 aromatic rings. The van der Waals surface area contributed by atoms with Crippen LogP contribution in [0.1, 0.15) is 25.7 Å².